The molecule has 3 heteroatoms. The third kappa shape index (κ3) is 5.36. The fourth-order valence-electron chi connectivity index (χ4n) is 2.17. The molecular formula is C14H29NO2. The molecule has 0 bridgehead atoms. The minimum Gasteiger partial charge on any atom is -0.390 e. The Labute approximate surface area is 106 Å². The summed E-state index contributed by atoms with van der Waals surface area (Å²) in [6, 6.07) is 0.538. The first-order valence-corrected chi connectivity index (χ1v) is 6.83. The third-order valence-corrected chi connectivity index (χ3v) is 3.47. The molecule has 0 aromatic rings. The Balaban J connectivity index is 2.38. The molecule has 2 unspecified atom stereocenters. The van der Waals surface area contributed by atoms with E-state index in [0.717, 1.165) is 32.5 Å². The van der Waals surface area contributed by atoms with E-state index < -0.39 is 0 Å². The first kappa shape index (κ1) is 14.9. The van der Waals surface area contributed by atoms with Gasteiger partial charge in [-0.1, -0.05) is 20.8 Å². The molecule has 1 fully saturated rings. The normalized spacial score (nSPS) is 25.2. The molecule has 0 aromatic carbocycles. The molecule has 102 valence electrons. The lowest BCUT2D eigenvalue weighted by Gasteiger charge is -2.37. The van der Waals surface area contributed by atoms with Crippen molar-refractivity contribution < 1.29 is 9.84 Å². The van der Waals surface area contributed by atoms with Gasteiger partial charge in [0.15, 0.2) is 0 Å². The van der Waals surface area contributed by atoms with E-state index in [-0.39, 0.29) is 17.6 Å². The molecular weight excluding hydrogens is 214 g/mol. The van der Waals surface area contributed by atoms with Crippen LogP contribution in [0.3, 0.4) is 0 Å². The second-order valence-corrected chi connectivity index (χ2v) is 6.66. The van der Waals surface area contributed by atoms with Gasteiger partial charge in [0.25, 0.3) is 0 Å². The van der Waals surface area contributed by atoms with Gasteiger partial charge in [0.1, 0.15) is 0 Å². The number of ether oxygens (including phenoxy) is 1. The molecule has 0 amide bonds. The molecule has 1 saturated heterocycles. The van der Waals surface area contributed by atoms with Gasteiger partial charge in [0.2, 0.25) is 0 Å². The summed E-state index contributed by atoms with van der Waals surface area (Å²) in [5.41, 5.74) is 0.285. The number of aliphatic hydroxyl groups excluding tert-OH is 1. The van der Waals surface area contributed by atoms with Gasteiger partial charge in [-0.3, -0.25) is 4.90 Å². The number of hydrogen-bond acceptors (Lipinski definition) is 3. The van der Waals surface area contributed by atoms with Crippen LogP contribution in [-0.2, 0) is 4.74 Å². The van der Waals surface area contributed by atoms with Crippen molar-refractivity contribution in [3.05, 3.63) is 0 Å². The van der Waals surface area contributed by atoms with E-state index in [0.29, 0.717) is 6.04 Å². The molecule has 1 aliphatic rings. The zero-order valence-electron chi connectivity index (χ0n) is 12.1. The van der Waals surface area contributed by atoms with Crippen molar-refractivity contribution in [1.29, 1.82) is 0 Å². The van der Waals surface area contributed by atoms with Crippen LogP contribution in [0, 0.1) is 5.41 Å². The summed E-state index contributed by atoms with van der Waals surface area (Å²) in [7, 11) is 0. The van der Waals surface area contributed by atoms with Crippen molar-refractivity contribution in [2.24, 2.45) is 5.41 Å². The van der Waals surface area contributed by atoms with E-state index in [9.17, 15) is 5.11 Å². The maximum absolute atomic E-state index is 10.2. The van der Waals surface area contributed by atoms with Gasteiger partial charge in [-0.05, 0) is 32.1 Å². The van der Waals surface area contributed by atoms with E-state index in [2.05, 4.69) is 39.5 Å². The molecule has 17 heavy (non-hydrogen) atoms. The predicted octanol–water partition coefficient (Wildman–Crippen LogP) is 2.28. The lowest BCUT2D eigenvalue weighted by Crippen LogP contribution is -2.50. The summed E-state index contributed by atoms with van der Waals surface area (Å²) in [4.78, 5) is 2.38. The molecule has 2 atom stereocenters. The molecule has 1 N–H and O–H groups in total. The Morgan fingerprint density at radius 1 is 1.35 bits per heavy atom. The zero-order valence-corrected chi connectivity index (χ0v) is 12.1. The highest BCUT2D eigenvalue weighted by Crippen LogP contribution is 2.24. The first-order chi connectivity index (χ1) is 7.79. The van der Waals surface area contributed by atoms with Crippen LogP contribution in [0.4, 0.5) is 0 Å². The van der Waals surface area contributed by atoms with Crippen molar-refractivity contribution in [1.82, 2.24) is 4.90 Å². The molecule has 0 spiro atoms. The number of morpholine rings is 1. The monoisotopic (exact) mass is 243 g/mol. The highest BCUT2D eigenvalue weighted by Gasteiger charge is 2.28. The average molecular weight is 243 g/mol. The summed E-state index contributed by atoms with van der Waals surface area (Å²) in [5, 5.41) is 10.2. The quantitative estimate of drug-likeness (QED) is 0.822. The topological polar surface area (TPSA) is 32.7 Å². The van der Waals surface area contributed by atoms with Gasteiger partial charge < -0.3 is 9.84 Å². The summed E-state index contributed by atoms with van der Waals surface area (Å²) >= 11 is 0. The molecule has 0 aromatic heterocycles. The SMILES string of the molecule is CC(C)N1CCOC(C(O)CCC(C)(C)C)C1. The van der Waals surface area contributed by atoms with Crippen LogP contribution in [0.1, 0.15) is 47.5 Å². The van der Waals surface area contributed by atoms with Crippen LogP contribution < -0.4 is 0 Å². The summed E-state index contributed by atoms with van der Waals surface area (Å²) < 4.78 is 5.69. The van der Waals surface area contributed by atoms with Crippen LogP contribution in [-0.4, -0.2) is 48.0 Å². The van der Waals surface area contributed by atoms with E-state index in [1.165, 1.54) is 0 Å². The van der Waals surface area contributed by atoms with Gasteiger partial charge in [-0.25, -0.2) is 0 Å². The number of aliphatic hydroxyl groups is 1. The van der Waals surface area contributed by atoms with E-state index in [1.54, 1.807) is 0 Å². The lowest BCUT2D eigenvalue weighted by atomic mass is 9.88. The molecule has 3 nitrogen and oxygen atoms in total. The fourth-order valence-corrected chi connectivity index (χ4v) is 2.17. The average Bonchev–Trinajstić information content (AvgIpc) is 2.25. The number of hydrogen-bond donors (Lipinski definition) is 1. The van der Waals surface area contributed by atoms with Crippen molar-refractivity contribution in [2.75, 3.05) is 19.7 Å². The van der Waals surface area contributed by atoms with Gasteiger partial charge in [-0.2, -0.15) is 0 Å². The van der Waals surface area contributed by atoms with Gasteiger partial charge in [0, 0.05) is 19.1 Å². The van der Waals surface area contributed by atoms with E-state index in [1.807, 2.05) is 0 Å². The maximum atomic E-state index is 10.2. The smallest absolute Gasteiger partial charge is 0.0961 e. The van der Waals surface area contributed by atoms with Crippen LogP contribution >= 0.6 is 0 Å². The second kappa shape index (κ2) is 6.17. The van der Waals surface area contributed by atoms with Crippen LogP contribution in [0.25, 0.3) is 0 Å². The molecule has 1 rings (SSSR count). The minimum atomic E-state index is -0.323. The van der Waals surface area contributed by atoms with E-state index in [4.69, 9.17) is 4.74 Å². The predicted molar refractivity (Wildman–Crippen MR) is 71.1 cm³/mol. The lowest BCUT2D eigenvalue weighted by molar-refractivity contribution is -0.0982. The Hall–Kier alpha value is -0.120. The highest BCUT2D eigenvalue weighted by molar-refractivity contribution is 4.80. The van der Waals surface area contributed by atoms with E-state index >= 15 is 0 Å². The Morgan fingerprint density at radius 3 is 2.53 bits per heavy atom. The number of rotatable bonds is 4. The van der Waals surface area contributed by atoms with Gasteiger partial charge in [0.05, 0.1) is 18.8 Å². The fraction of sp³-hybridized carbons (Fsp3) is 1.00. The first-order valence-electron chi connectivity index (χ1n) is 6.83. The van der Waals surface area contributed by atoms with Crippen LogP contribution in [0.5, 0.6) is 0 Å². The Kier molecular flexibility index (Phi) is 5.42. The Bertz CT molecular complexity index is 223. The van der Waals surface area contributed by atoms with Crippen molar-refractivity contribution >= 4 is 0 Å². The summed E-state index contributed by atoms with van der Waals surface area (Å²) in [6.45, 7) is 13.6. The van der Waals surface area contributed by atoms with Crippen molar-refractivity contribution in [3.8, 4) is 0 Å². The molecule has 1 heterocycles. The molecule has 0 saturated carbocycles. The zero-order chi connectivity index (χ0) is 13.1. The third-order valence-electron chi connectivity index (χ3n) is 3.47. The highest BCUT2D eigenvalue weighted by atomic mass is 16.5. The molecule has 0 radical (unpaired) electrons. The molecule has 0 aliphatic carbocycles. The standard InChI is InChI=1S/C14H29NO2/c1-11(2)15-8-9-17-13(10-15)12(16)6-7-14(3,4)5/h11-13,16H,6-10H2,1-5H3. The van der Waals surface area contributed by atoms with Crippen LogP contribution in [0.15, 0.2) is 0 Å². The van der Waals surface area contributed by atoms with Gasteiger partial charge in [-0.15, -0.1) is 0 Å². The maximum Gasteiger partial charge on any atom is 0.0961 e. The largest absolute Gasteiger partial charge is 0.390 e. The van der Waals surface area contributed by atoms with Crippen molar-refractivity contribution in [2.45, 2.75) is 65.7 Å². The van der Waals surface area contributed by atoms with Crippen molar-refractivity contribution in [3.63, 3.8) is 0 Å². The second-order valence-electron chi connectivity index (χ2n) is 6.66. The minimum absolute atomic E-state index is 0.00602. The van der Waals surface area contributed by atoms with Crippen LogP contribution in [0.2, 0.25) is 0 Å². The number of nitrogens with zero attached hydrogens (tertiary/aromatic N) is 1. The summed E-state index contributed by atoms with van der Waals surface area (Å²) in [6.07, 6.45) is 1.54. The Morgan fingerprint density at radius 2 is 2.00 bits per heavy atom. The van der Waals surface area contributed by atoms with Gasteiger partial charge >= 0.3 is 0 Å². The summed E-state index contributed by atoms with van der Waals surface area (Å²) in [5.74, 6) is 0. The molecule has 1 aliphatic heterocycles.